The molecule has 0 aromatic carbocycles. The van der Waals surface area contributed by atoms with E-state index in [1.165, 1.54) is 0 Å². The van der Waals surface area contributed by atoms with Gasteiger partial charge in [-0.25, -0.2) is 0 Å². The third-order valence-corrected chi connectivity index (χ3v) is 2.96. The van der Waals surface area contributed by atoms with Gasteiger partial charge >= 0.3 is 0 Å². The van der Waals surface area contributed by atoms with Crippen molar-refractivity contribution in [1.29, 1.82) is 0 Å². The molecule has 1 saturated heterocycles. The van der Waals surface area contributed by atoms with Crippen LogP contribution >= 0.6 is 0 Å². The zero-order valence-corrected chi connectivity index (χ0v) is 9.15. The van der Waals surface area contributed by atoms with Crippen molar-refractivity contribution in [3.05, 3.63) is 0 Å². The molecule has 0 aromatic heterocycles. The first-order chi connectivity index (χ1) is 6.76. The topological polar surface area (TPSA) is 52.7 Å². The molecule has 0 aromatic rings. The lowest BCUT2D eigenvalue weighted by Gasteiger charge is -2.34. The number of piperazine rings is 1. The number of nitrogens with two attached hydrogens (primary N) is 1. The monoisotopic (exact) mass is 201 g/mol. The van der Waals surface area contributed by atoms with E-state index in [9.17, 15) is 5.11 Å². The molecule has 4 nitrogen and oxygen atoms in total. The summed E-state index contributed by atoms with van der Waals surface area (Å²) in [5.74, 6) is 0. The normalized spacial score (nSPS) is 22.5. The molecule has 1 unspecified atom stereocenters. The zero-order valence-electron chi connectivity index (χ0n) is 9.15. The summed E-state index contributed by atoms with van der Waals surface area (Å²) < 4.78 is 0. The first kappa shape index (κ1) is 11.9. The van der Waals surface area contributed by atoms with E-state index < -0.39 is 0 Å². The van der Waals surface area contributed by atoms with Gasteiger partial charge in [-0.15, -0.1) is 0 Å². The third kappa shape index (κ3) is 3.92. The van der Waals surface area contributed by atoms with Crippen LogP contribution in [0.2, 0.25) is 0 Å². The van der Waals surface area contributed by atoms with Gasteiger partial charge in [0.1, 0.15) is 0 Å². The summed E-state index contributed by atoms with van der Waals surface area (Å²) >= 11 is 0. The van der Waals surface area contributed by atoms with Crippen molar-refractivity contribution in [2.24, 2.45) is 5.73 Å². The third-order valence-electron chi connectivity index (χ3n) is 2.96. The van der Waals surface area contributed by atoms with Crippen molar-refractivity contribution >= 4 is 0 Å². The fourth-order valence-electron chi connectivity index (χ4n) is 1.78. The van der Waals surface area contributed by atoms with Gasteiger partial charge in [-0.1, -0.05) is 6.92 Å². The summed E-state index contributed by atoms with van der Waals surface area (Å²) in [6, 6.07) is 0. The number of aliphatic hydroxyl groups is 1. The lowest BCUT2D eigenvalue weighted by atomic mass is 10.2. The minimum absolute atomic E-state index is 0.320. The summed E-state index contributed by atoms with van der Waals surface area (Å²) in [6.07, 6.45) is 0.488. The highest BCUT2D eigenvalue weighted by Crippen LogP contribution is 2.02. The van der Waals surface area contributed by atoms with E-state index in [-0.39, 0.29) is 6.10 Å². The van der Waals surface area contributed by atoms with Crippen molar-refractivity contribution in [2.75, 3.05) is 45.8 Å². The number of nitrogens with zero attached hydrogens (tertiary/aromatic N) is 2. The molecule has 0 amide bonds. The molecule has 0 saturated carbocycles. The Morgan fingerprint density at radius 3 is 2.29 bits per heavy atom. The fourth-order valence-corrected chi connectivity index (χ4v) is 1.78. The van der Waals surface area contributed by atoms with E-state index in [4.69, 9.17) is 5.73 Å². The highest BCUT2D eigenvalue weighted by Gasteiger charge is 2.15. The standard InChI is InChI=1S/C10H23N3O/c1-2-12-5-7-13(8-6-12)4-3-10(14)9-11/h10,14H,2-9,11H2,1H3. The predicted molar refractivity (Wildman–Crippen MR) is 58.2 cm³/mol. The van der Waals surface area contributed by atoms with E-state index >= 15 is 0 Å². The number of likely N-dealkylation sites (N-methyl/N-ethyl adjacent to an activating group) is 1. The highest BCUT2D eigenvalue weighted by molar-refractivity contribution is 4.71. The first-order valence-corrected chi connectivity index (χ1v) is 5.59. The Balaban J connectivity index is 2.10. The maximum atomic E-state index is 9.32. The van der Waals surface area contributed by atoms with Gasteiger partial charge < -0.3 is 20.6 Å². The van der Waals surface area contributed by atoms with Crippen LogP contribution in [-0.4, -0.2) is 66.8 Å². The number of rotatable bonds is 5. The molecule has 0 bridgehead atoms. The lowest BCUT2D eigenvalue weighted by Crippen LogP contribution is -2.46. The Morgan fingerprint density at radius 1 is 1.21 bits per heavy atom. The first-order valence-electron chi connectivity index (χ1n) is 5.59. The molecule has 14 heavy (non-hydrogen) atoms. The van der Waals surface area contributed by atoms with Gasteiger partial charge in [-0.3, -0.25) is 0 Å². The van der Waals surface area contributed by atoms with Crippen molar-refractivity contribution < 1.29 is 5.11 Å². The Kier molecular flexibility index (Phi) is 5.40. The van der Waals surface area contributed by atoms with Crippen molar-refractivity contribution in [3.63, 3.8) is 0 Å². The van der Waals surface area contributed by atoms with Crippen LogP contribution < -0.4 is 5.73 Å². The van der Waals surface area contributed by atoms with Crippen LogP contribution in [0.3, 0.4) is 0 Å². The Bertz CT molecular complexity index is 146. The predicted octanol–water partition coefficient (Wildman–Crippen LogP) is -0.666. The molecule has 3 N–H and O–H groups in total. The van der Waals surface area contributed by atoms with E-state index in [1.807, 2.05) is 0 Å². The summed E-state index contributed by atoms with van der Waals surface area (Å²) in [7, 11) is 0. The molecule has 1 rings (SSSR count). The summed E-state index contributed by atoms with van der Waals surface area (Å²) in [4.78, 5) is 4.86. The quantitative estimate of drug-likeness (QED) is 0.620. The minimum Gasteiger partial charge on any atom is -0.392 e. The Hall–Kier alpha value is -0.160. The second-order valence-corrected chi connectivity index (χ2v) is 3.95. The maximum Gasteiger partial charge on any atom is 0.0674 e. The molecule has 1 aliphatic rings. The number of hydrogen-bond donors (Lipinski definition) is 2. The fraction of sp³-hybridized carbons (Fsp3) is 1.00. The largest absolute Gasteiger partial charge is 0.392 e. The van der Waals surface area contributed by atoms with Gasteiger partial charge in [0.2, 0.25) is 0 Å². The van der Waals surface area contributed by atoms with E-state index in [2.05, 4.69) is 16.7 Å². The van der Waals surface area contributed by atoms with Gasteiger partial charge in [0.05, 0.1) is 6.10 Å². The Labute approximate surface area is 86.7 Å². The lowest BCUT2D eigenvalue weighted by molar-refractivity contribution is 0.108. The molecular formula is C10H23N3O. The van der Waals surface area contributed by atoms with Crippen LogP contribution in [0.1, 0.15) is 13.3 Å². The van der Waals surface area contributed by atoms with Crippen molar-refractivity contribution in [3.8, 4) is 0 Å². The summed E-state index contributed by atoms with van der Waals surface area (Å²) in [5.41, 5.74) is 5.35. The zero-order chi connectivity index (χ0) is 10.4. The Morgan fingerprint density at radius 2 is 1.79 bits per heavy atom. The smallest absolute Gasteiger partial charge is 0.0674 e. The van der Waals surface area contributed by atoms with Crippen molar-refractivity contribution in [1.82, 2.24) is 9.80 Å². The van der Waals surface area contributed by atoms with Crippen LogP contribution in [0.15, 0.2) is 0 Å². The SMILES string of the molecule is CCN1CCN(CCC(O)CN)CC1. The highest BCUT2D eigenvalue weighted by atomic mass is 16.3. The molecule has 84 valence electrons. The molecule has 1 atom stereocenters. The molecule has 1 aliphatic heterocycles. The van der Waals surface area contributed by atoms with Crippen LogP contribution in [0.5, 0.6) is 0 Å². The van der Waals surface area contributed by atoms with E-state index in [1.54, 1.807) is 0 Å². The average Bonchev–Trinajstić information content (AvgIpc) is 2.26. The van der Waals surface area contributed by atoms with Crippen LogP contribution in [0.4, 0.5) is 0 Å². The van der Waals surface area contributed by atoms with E-state index in [0.29, 0.717) is 6.54 Å². The van der Waals surface area contributed by atoms with Gasteiger partial charge in [0.15, 0.2) is 0 Å². The van der Waals surface area contributed by atoms with Crippen LogP contribution in [-0.2, 0) is 0 Å². The van der Waals surface area contributed by atoms with Crippen LogP contribution in [0, 0.1) is 0 Å². The van der Waals surface area contributed by atoms with Gasteiger partial charge in [0.25, 0.3) is 0 Å². The van der Waals surface area contributed by atoms with Gasteiger partial charge in [-0.05, 0) is 13.0 Å². The van der Waals surface area contributed by atoms with E-state index in [0.717, 1.165) is 45.7 Å². The molecule has 1 fully saturated rings. The van der Waals surface area contributed by atoms with Crippen LogP contribution in [0.25, 0.3) is 0 Å². The minimum atomic E-state index is -0.320. The summed E-state index contributed by atoms with van der Waals surface area (Å²) in [6.45, 7) is 9.30. The maximum absolute atomic E-state index is 9.32. The number of aliphatic hydroxyl groups excluding tert-OH is 1. The second kappa shape index (κ2) is 6.35. The molecule has 1 heterocycles. The molecule has 0 aliphatic carbocycles. The average molecular weight is 201 g/mol. The molecular weight excluding hydrogens is 178 g/mol. The summed E-state index contributed by atoms with van der Waals surface area (Å²) in [5, 5.41) is 9.32. The number of hydrogen-bond acceptors (Lipinski definition) is 4. The molecule has 0 spiro atoms. The molecule has 4 heteroatoms. The second-order valence-electron chi connectivity index (χ2n) is 3.95. The van der Waals surface area contributed by atoms with Gasteiger partial charge in [0, 0.05) is 39.3 Å². The molecule has 0 radical (unpaired) electrons. The van der Waals surface area contributed by atoms with Gasteiger partial charge in [-0.2, -0.15) is 0 Å². The van der Waals surface area contributed by atoms with Crippen molar-refractivity contribution in [2.45, 2.75) is 19.4 Å².